The Kier molecular flexibility index (Phi) is 6.04. The van der Waals surface area contributed by atoms with Crippen LogP contribution in [-0.2, 0) is 9.53 Å². The molecule has 3 N–H and O–H groups in total. The number of halogens is 1. The van der Waals surface area contributed by atoms with Crippen molar-refractivity contribution >= 4 is 22.7 Å². The SMILES string of the molecule is C[C@@H](CC(=O)O)Nc1nc2cc(O)ccc2c(-c2ccc(F)cc2)c1C1CCOCC1. The molecule has 0 bridgehead atoms. The number of nitrogens with one attached hydrogen (secondary N) is 1. The van der Waals surface area contributed by atoms with Crippen molar-refractivity contribution in [3.05, 3.63) is 53.8 Å². The molecule has 0 unspecified atom stereocenters. The number of benzene rings is 2. The number of hydrogen-bond donors (Lipinski definition) is 3. The smallest absolute Gasteiger partial charge is 0.305 e. The number of ether oxygens (including phenoxy) is 1. The molecule has 3 aromatic rings. The van der Waals surface area contributed by atoms with Crippen LogP contribution in [0.15, 0.2) is 42.5 Å². The lowest BCUT2D eigenvalue weighted by molar-refractivity contribution is -0.137. The molecule has 6 nitrogen and oxygen atoms in total. The van der Waals surface area contributed by atoms with Crippen molar-refractivity contribution in [2.24, 2.45) is 0 Å². The highest BCUT2D eigenvalue weighted by Gasteiger charge is 2.27. The molecule has 0 radical (unpaired) electrons. The molecule has 1 saturated heterocycles. The zero-order chi connectivity index (χ0) is 22.0. The fraction of sp³-hybridized carbons (Fsp3) is 0.333. The summed E-state index contributed by atoms with van der Waals surface area (Å²) in [5, 5.41) is 23.4. The van der Waals surface area contributed by atoms with Gasteiger partial charge in [-0.05, 0) is 61.1 Å². The lowest BCUT2D eigenvalue weighted by Gasteiger charge is -2.29. The minimum absolute atomic E-state index is 0.0567. The van der Waals surface area contributed by atoms with E-state index in [9.17, 15) is 19.4 Å². The minimum atomic E-state index is -0.898. The maximum Gasteiger partial charge on any atom is 0.305 e. The molecule has 1 aliphatic heterocycles. The van der Waals surface area contributed by atoms with E-state index in [2.05, 4.69) is 5.32 Å². The van der Waals surface area contributed by atoms with Crippen molar-refractivity contribution in [1.82, 2.24) is 4.98 Å². The maximum atomic E-state index is 13.7. The Morgan fingerprint density at radius 1 is 1.23 bits per heavy atom. The standard InChI is InChI=1S/C24H25FN2O4/c1-14(12-21(29)30)26-24-23(16-8-10-31-11-9-16)22(15-2-4-17(25)5-3-15)19-7-6-18(28)13-20(19)27-24/h2-7,13-14,16,28H,8-12H2,1H3,(H,26,27)(H,29,30)/t14-/m0/s1. The molecule has 2 heterocycles. The van der Waals surface area contributed by atoms with Crippen LogP contribution in [0.3, 0.4) is 0 Å². The molecule has 1 fully saturated rings. The van der Waals surface area contributed by atoms with E-state index in [0.717, 1.165) is 34.9 Å². The van der Waals surface area contributed by atoms with Gasteiger partial charge in [-0.25, -0.2) is 9.37 Å². The van der Waals surface area contributed by atoms with Gasteiger partial charge < -0.3 is 20.3 Å². The molecule has 162 valence electrons. The number of phenols is 1. The molecular formula is C24H25FN2O4. The van der Waals surface area contributed by atoms with E-state index >= 15 is 0 Å². The summed E-state index contributed by atoms with van der Waals surface area (Å²) in [6, 6.07) is 11.0. The molecule has 1 aromatic heterocycles. The first-order valence-electron chi connectivity index (χ1n) is 10.4. The van der Waals surface area contributed by atoms with Gasteiger partial charge in [0, 0.05) is 36.3 Å². The highest BCUT2D eigenvalue weighted by molar-refractivity contribution is 5.99. The summed E-state index contributed by atoms with van der Waals surface area (Å²) in [6.45, 7) is 3.06. The van der Waals surface area contributed by atoms with Crippen molar-refractivity contribution in [2.45, 2.75) is 38.1 Å². The monoisotopic (exact) mass is 424 g/mol. The summed E-state index contributed by atoms with van der Waals surface area (Å²) in [5.41, 5.74) is 3.32. The first kappa shape index (κ1) is 21.1. The second-order valence-electron chi connectivity index (χ2n) is 7.99. The number of carboxylic acid groups (broad SMARTS) is 1. The Morgan fingerprint density at radius 2 is 1.94 bits per heavy atom. The van der Waals surface area contributed by atoms with Crippen LogP contribution >= 0.6 is 0 Å². The molecule has 31 heavy (non-hydrogen) atoms. The molecule has 0 amide bonds. The molecule has 0 aliphatic carbocycles. The Morgan fingerprint density at radius 3 is 2.61 bits per heavy atom. The Balaban J connectivity index is 1.97. The van der Waals surface area contributed by atoms with E-state index in [1.807, 2.05) is 6.07 Å². The lowest BCUT2D eigenvalue weighted by Crippen LogP contribution is -2.23. The third-order valence-corrected chi connectivity index (χ3v) is 5.63. The fourth-order valence-electron chi connectivity index (χ4n) is 4.24. The molecule has 1 aliphatic rings. The van der Waals surface area contributed by atoms with Crippen LogP contribution in [0.25, 0.3) is 22.0 Å². The largest absolute Gasteiger partial charge is 0.508 e. The van der Waals surface area contributed by atoms with Crippen molar-refractivity contribution in [3.8, 4) is 16.9 Å². The van der Waals surface area contributed by atoms with E-state index in [0.29, 0.717) is 24.5 Å². The van der Waals surface area contributed by atoms with Crippen LogP contribution in [0.1, 0.15) is 37.7 Å². The lowest BCUT2D eigenvalue weighted by atomic mass is 9.84. The van der Waals surface area contributed by atoms with Crippen molar-refractivity contribution in [1.29, 1.82) is 0 Å². The number of rotatable bonds is 6. The molecular weight excluding hydrogens is 399 g/mol. The fourth-order valence-corrected chi connectivity index (χ4v) is 4.24. The van der Waals surface area contributed by atoms with E-state index in [1.165, 1.54) is 12.1 Å². The van der Waals surface area contributed by atoms with Gasteiger partial charge in [0.25, 0.3) is 0 Å². The molecule has 0 saturated carbocycles. The highest BCUT2D eigenvalue weighted by Crippen LogP contribution is 2.43. The van der Waals surface area contributed by atoms with E-state index in [1.54, 1.807) is 31.2 Å². The van der Waals surface area contributed by atoms with Gasteiger partial charge >= 0.3 is 5.97 Å². The average Bonchev–Trinajstić information content (AvgIpc) is 2.73. The first-order valence-corrected chi connectivity index (χ1v) is 10.4. The number of aromatic nitrogens is 1. The predicted octanol–water partition coefficient (Wildman–Crippen LogP) is 4.92. The molecule has 1 atom stereocenters. The van der Waals surface area contributed by atoms with Gasteiger partial charge in [0.15, 0.2) is 0 Å². The molecule has 2 aromatic carbocycles. The number of phenolic OH excluding ortho intramolecular Hbond substituents is 1. The van der Waals surface area contributed by atoms with Gasteiger partial charge in [0.2, 0.25) is 0 Å². The predicted molar refractivity (Wildman–Crippen MR) is 117 cm³/mol. The Labute approximate surface area is 179 Å². The van der Waals surface area contributed by atoms with Gasteiger partial charge in [0.05, 0.1) is 11.9 Å². The Bertz CT molecular complexity index is 1090. The molecule has 0 spiro atoms. The third kappa shape index (κ3) is 4.61. The van der Waals surface area contributed by atoms with Gasteiger partial charge in [-0.1, -0.05) is 12.1 Å². The van der Waals surface area contributed by atoms with Crippen molar-refractivity contribution in [2.75, 3.05) is 18.5 Å². The number of carbonyl (C=O) groups is 1. The third-order valence-electron chi connectivity index (χ3n) is 5.63. The van der Waals surface area contributed by atoms with Gasteiger partial charge in [-0.15, -0.1) is 0 Å². The topological polar surface area (TPSA) is 91.7 Å². The number of pyridine rings is 1. The number of nitrogens with zero attached hydrogens (tertiary/aromatic N) is 1. The van der Waals surface area contributed by atoms with E-state index in [4.69, 9.17) is 9.72 Å². The zero-order valence-corrected chi connectivity index (χ0v) is 17.3. The van der Waals surface area contributed by atoms with Crippen LogP contribution in [0, 0.1) is 5.82 Å². The number of aromatic hydroxyl groups is 1. The van der Waals surface area contributed by atoms with E-state index in [-0.39, 0.29) is 29.9 Å². The van der Waals surface area contributed by atoms with Crippen LogP contribution in [0.4, 0.5) is 10.2 Å². The van der Waals surface area contributed by atoms with Crippen LogP contribution in [-0.4, -0.2) is 40.4 Å². The van der Waals surface area contributed by atoms with Crippen LogP contribution in [0.5, 0.6) is 5.75 Å². The summed E-state index contributed by atoms with van der Waals surface area (Å²) in [4.78, 5) is 16.0. The van der Waals surface area contributed by atoms with Gasteiger partial charge in [-0.3, -0.25) is 4.79 Å². The quantitative estimate of drug-likeness (QED) is 0.521. The summed E-state index contributed by atoms with van der Waals surface area (Å²) < 4.78 is 19.2. The average molecular weight is 424 g/mol. The highest BCUT2D eigenvalue weighted by atomic mass is 19.1. The summed E-state index contributed by atoms with van der Waals surface area (Å²) in [5.74, 6) is -0.379. The van der Waals surface area contributed by atoms with Crippen molar-refractivity contribution in [3.63, 3.8) is 0 Å². The number of hydrogen-bond acceptors (Lipinski definition) is 5. The zero-order valence-electron chi connectivity index (χ0n) is 17.3. The molecule has 4 rings (SSSR count). The number of fused-ring (bicyclic) bond motifs is 1. The molecule has 7 heteroatoms. The summed E-state index contributed by atoms with van der Waals surface area (Å²) in [7, 11) is 0. The summed E-state index contributed by atoms with van der Waals surface area (Å²) in [6.07, 6.45) is 1.56. The van der Waals surface area contributed by atoms with E-state index < -0.39 is 5.97 Å². The first-order chi connectivity index (χ1) is 14.9. The second kappa shape index (κ2) is 8.89. The normalized spacial score (nSPS) is 15.7. The Hall–Kier alpha value is -3.19. The van der Waals surface area contributed by atoms with Gasteiger partial charge in [0.1, 0.15) is 17.4 Å². The maximum absolute atomic E-state index is 13.7. The summed E-state index contributed by atoms with van der Waals surface area (Å²) >= 11 is 0. The minimum Gasteiger partial charge on any atom is -0.508 e. The number of aliphatic carboxylic acids is 1. The number of anilines is 1. The van der Waals surface area contributed by atoms with Gasteiger partial charge in [-0.2, -0.15) is 0 Å². The second-order valence-corrected chi connectivity index (χ2v) is 7.99. The van der Waals surface area contributed by atoms with Crippen molar-refractivity contribution < 1.29 is 24.1 Å². The number of carboxylic acids is 1. The van der Waals surface area contributed by atoms with Crippen LogP contribution in [0.2, 0.25) is 0 Å². The van der Waals surface area contributed by atoms with Crippen LogP contribution < -0.4 is 5.32 Å².